The van der Waals surface area contributed by atoms with Crippen LogP contribution in [0, 0.1) is 5.92 Å². The second-order valence-corrected chi connectivity index (χ2v) is 11.0. The molecular weight excluding hydrogens is 482 g/mol. The van der Waals surface area contributed by atoms with Crippen molar-refractivity contribution in [3.8, 4) is 0 Å². The lowest BCUT2D eigenvalue weighted by molar-refractivity contribution is -0.129. The number of aromatic amines is 1. The first-order valence-corrected chi connectivity index (χ1v) is 13.2. The van der Waals surface area contributed by atoms with Gasteiger partial charge in [-0.3, -0.25) is 14.4 Å². The van der Waals surface area contributed by atoms with Gasteiger partial charge in [0.15, 0.2) is 10.8 Å². The summed E-state index contributed by atoms with van der Waals surface area (Å²) in [4.78, 5) is 45.9. The number of hydrogen-bond donors (Lipinski definition) is 3. The molecule has 190 valence electrons. The third-order valence-electron chi connectivity index (χ3n) is 6.19. The second kappa shape index (κ2) is 10.6. The van der Waals surface area contributed by atoms with Crippen molar-refractivity contribution in [1.29, 1.82) is 0 Å². The zero-order valence-corrected chi connectivity index (χ0v) is 20.9. The molecule has 1 saturated heterocycles. The van der Waals surface area contributed by atoms with Crippen LogP contribution in [-0.4, -0.2) is 65.5 Å². The van der Waals surface area contributed by atoms with Crippen molar-refractivity contribution >= 4 is 38.5 Å². The number of carbonyl (C=O) groups is 3. The fourth-order valence-corrected chi connectivity index (χ4v) is 5.57. The largest absolute Gasteiger partial charge is 0.351 e. The number of rotatable bonds is 7. The lowest BCUT2D eigenvalue weighted by Gasteiger charge is -2.24. The summed E-state index contributed by atoms with van der Waals surface area (Å²) in [6.45, 7) is 3.37. The Morgan fingerprint density at radius 1 is 1.14 bits per heavy atom. The third kappa shape index (κ3) is 5.47. The zero-order valence-electron chi connectivity index (χ0n) is 20.1. The highest BCUT2D eigenvalue weighted by Gasteiger charge is 2.35. The minimum atomic E-state index is -3.93. The van der Waals surface area contributed by atoms with Crippen molar-refractivity contribution in [2.24, 2.45) is 5.92 Å². The minimum Gasteiger partial charge on any atom is -0.351 e. The van der Waals surface area contributed by atoms with Gasteiger partial charge in [-0.15, -0.1) is 0 Å². The van der Waals surface area contributed by atoms with Crippen LogP contribution in [0.3, 0.4) is 0 Å². The van der Waals surface area contributed by atoms with Gasteiger partial charge in [-0.25, -0.2) is 13.4 Å². The van der Waals surface area contributed by atoms with Gasteiger partial charge in [0, 0.05) is 23.6 Å². The number of nitrogens with one attached hydrogen (secondary N) is 3. The molecule has 3 heterocycles. The summed E-state index contributed by atoms with van der Waals surface area (Å²) < 4.78 is 26.9. The van der Waals surface area contributed by atoms with E-state index in [1.807, 2.05) is 24.3 Å². The standard InChI is InChI=1S/C25H29N5O5S/c1-16(2)23(29-24(32)20-14-17-8-3-4-9-18(17)27-20)25(33)28-19-10-7-13-30(15-21(19)31)36(34,35)22-11-5-6-12-26-22/h3-6,8-9,11-12,14,16,19,23,27H,7,10,13,15H2,1-2H3,(H,28,33)(H,29,32). The van der Waals surface area contributed by atoms with Crippen molar-refractivity contribution in [3.05, 3.63) is 60.4 Å². The molecule has 1 aliphatic rings. The molecule has 36 heavy (non-hydrogen) atoms. The Balaban J connectivity index is 1.43. The number of hydrogen-bond acceptors (Lipinski definition) is 6. The number of pyridine rings is 1. The van der Waals surface area contributed by atoms with Crippen LogP contribution >= 0.6 is 0 Å². The molecule has 4 rings (SSSR count). The van der Waals surface area contributed by atoms with Crippen molar-refractivity contribution in [2.45, 2.75) is 43.8 Å². The molecule has 0 spiro atoms. The van der Waals surface area contributed by atoms with Crippen LogP contribution in [0.2, 0.25) is 0 Å². The predicted octanol–water partition coefficient (Wildman–Crippen LogP) is 1.86. The summed E-state index contributed by atoms with van der Waals surface area (Å²) in [6, 6.07) is 12.0. The van der Waals surface area contributed by atoms with Crippen LogP contribution in [0.1, 0.15) is 37.2 Å². The number of ketones is 1. The van der Waals surface area contributed by atoms with Crippen molar-refractivity contribution < 1.29 is 22.8 Å². The van der Waals surface area contributed by atoms with Gasteiger partial charge in [0.25, 0.3) is 15.9 Å². The number of amides is 2. The Morgan fingerprint density at radius 2 is 1.89 bits per heavy atom. The molecule has 3 aromatic rings. The summed E-state index contributed by atoms with van der Waals surface area (Å²) in [7, 11) is -3.93. The van der Waals surface area contributed by atoms with Crippen LogP contribution in [0.4, 0.5) is 0 Å². The maximum absolute atomic E-state index is 13.1. The summed E-state index contributed by atoms with van der Waals surface area (Å²) in [5, 5.41) is 6.25. The van der Waals surface area contributed by atoms with E-state index in [1.165, 1.54) is 12.3 Å². The SMILES string of the molecule is CC(C)C(NC(=O)c1cc2ccccc2[nH]1)C(=O)NC1CCCN(S(=O)(=O)c2ccccn2)CC1=O. The average Bonchev–Trinajstić information content (AvgIpc) is 3.21. The second-order valence-electron chi connectivity index (χ2n) is 9.14. The van der Waals surface area contributed by atoms with Gasteiger partial charge in [0.1, 0.15) is 11.7 Å². The number of sulfonamides is 1. The minimum absolute atomic E-state index is 0.125. The van der Waals surface area contributed by atoms with Gasteiger partial charge in [-0.1, -0.05) is 38.1 Å². The van der Waals surface area contributed by atoms with Crippen molar-refractivity contribution in [2.75, 3.05) is 13.1 Å². The quantitative estimate of drug-likeness (QED) is 0.442. The van der Waals surface area contributed by atoms with Crippen LogP contribution < -0.4 is 10.6 Å². The number of benzene rings is 1. The molecule has 2 atom stereocenters. The molecule has 0 aliphatic carbocycles. The first-order chi connectivity index (χ1) is 17.2. The Hall–Kier alpha value is -3.57. The molecule has 11 heteroatoms. The average molecular weight is 512 g/mol. The van der Waals surface area contributed by atoms with E-state index >= 15 is 0 Å². The van der Waals surface area contributed by atoms with Crippen LogP contribution in [0.5, 0.6) is 0 Å². The van der Waals surface area contributed by atoms with E-state index in [9.17, 15) is 22.8 Å². The van der Waals surface area contributed by atoms with Crippen molar-refractivity contribution in [1.82, 2.24) is 24.9 Å². The first kappa shape index (κ1) is 25.5. The van der Waals surface area contributed by atoms with E-state index in [1.54, 1.807) is 32.0 Å². The van der Waals surface area contributed by atoms with Gasteiger partial charge in [0.05, 0.1) is 12.6 Å². The maximum atomic E-state index is 13.1. The fourth-order valence-electron chi connectivity index (χ4n) is 4.20. The van der Waals surface area contributed by atoms with Crippen LogP contribution in [0.15, 0.2) is 59.8 Å². The molecule has 0 bridgehead atoms. The molecular formula is C25H29N5O5S. The van der Waals surface area contributed by atoms with Gasteiger partial charge in [0.2, 0.25) is 5.91 Å². The van der Waals surface area contributed by atoms with E-state index in [4.69, 9.17) is 0 Å². The highest BCUT2D eigenvalue weighted by atomic mass is 32.2. The zero-order chi connectivity index (χ0) is 25.9. The number of nitrogens with zero attached hydrogens (tertiary/aromatic N) is 2. The number of carbonyl (C=O) groups excluding carboxylic acids is 3. The Bertz CT molecular complexity index is 1340. The van der Waals surface area contributed by atoms with E-state index in [-0.39, 0.29) is 24.0 Å². The lowest BCUT2D eigenvalue weighted by atomic mass is 10.0. The summed E-state index contributed by atoms with van der Waals surface area (Å²) in [5.74, 6) is -1.58. The number of H-pyrrole nitrogens is 1. The topological polar surface area (TPSA) is 141 Å². The fraction of sp³-hybridized carbons (Fsp3) is 0.360. The maximum Gasteiger partial charge on any atom is 0.268 e. The third-order valence-corrected chi connectivity index (χ3v) is 7.95. The monoisotopic (exact) mass is 511 g/mol. The Morgan fingerprint density at radius 3 is 2.58 bits per heavy atom. The first-order valence-electron chi connectivity index (χ1n) is 11.8. The molecule has 1 aliphatic heterocycles. The van der Waals surface area contributed by atoms with E-state index < -0.39 is 39.7 Å². The van der Waals surface area contributed by atoms with E-state index in [0.717, 1.165) is 15.2 Å². The van der Waals surface area contributed by atoms with Gasteiger partial charge in [-0.05, 0) is 43.0 Å². The number of para-hydroxylation sites is 1. The number of fused-ring (bicyclic) bond motifs is 1. The molecule has 1 fully saturated rings. The highest BCUT2D eigenvalue weighted by Crippen LogP contribution is 2.19. The van der Waals surface area contributed by atoms with Crippen LogP contribution in [0.25, 0.3) is 10.9 Å². The van der Waals surface area contributed by atoms with Gasteiger partial charge >= 0.3 is 0 Å². The predicted molar refractivity (Wildman–Crippen MR) is 134 cm³/mol. The molecule has 2 unspecified atom stereocenters. The van der Waals surface area contributed by atoms with Gasteiger partial charge < -0.3 is 15.6 Å². The summed E-state index contributed by atoms with van der Waals surface area (Å²) >= 11 is 0. The van der Waals surface area contributed by atoms with Gasteiger partial charge in [-0.2, -0.15) is 4.31 Å². The molecule has 10 nitrogen and oxygen atoms in total. The smallest absolute Gasteiger partial charge is 0.268 e. The molecule has 0 saturated carbocycles. The normalized spacial score (nSPS) is 18.1. The molecule has 3 N–H and O–H groups in total. The molecule has 2 aromatic heterocycles. The molecule has 2 amide bonds. The van der Waals surface area contributed by atoms with E-state index in [2.05, 4.69) is 20.6 Å². The summed E-state index contributed by atoms with van der Waals surface area (Å²) in [5.41, 5.74) is 1.14. The van der Waals surface area contributed by atoms with Crippen molar-refractivity contribution in [3.63, 3.8) is 0 Å². The summed E-state index contributed by atoms with van der Waals surface area (Å²) in [6.07, 6.45) is 2.06. The number of Topliss-reactive ketones (excluding diaryl/α,β-unsaturated/α-hetero) is 1. The number of aromatic nitrogens is 2. The highest BCUT2D eigenvalue weighted by molar-refractivity contribution is 7.89. The van der Waals surface area contributed by atoms with Crippen LogP contribution in [-0.2, 0) is 19.6 Å². The van der Waals surface area contributed by atoms with E-state index in [0.29, 0.717) is 18.5 Å². The Labute approximate surface area is 209 Å². The lowest BCUT2D eigenvalue weighted by Crippen LogP contribution is -2.54. The molecule has 0 radical (unpaired) electrons. The Kier molecular flexibility index (Phi) is 7.51. The molecule has 1 aromatic carbocycles.